The molecular weight excluding hydrogens is 304 g/mol. The highest BCUT2D eigenvalue weighted by atomic mass is 19.3. The van der Waals surface area contributed by atoms with Gasteiger partial charge < -0.3 is 14.4 Å². The Bertz CT molecular complexity index is 676. The molecule has 0 aromatic heterocycles. The van der Waals surface area contributed by atoms with E-state index in [4.69, 9.17) is 4.74 Å². The Balaban J connectivity index is 2.13. The molecule has 2 aromatic carbocycles. The van der Waals surface area contributed by atoms with Crippen LogP contribution in [0.1, 0.15) is 15.9 Å². The fourth-order valence-electron chi connectivity index (χ4n) is 2.19. The molecule has 6 heteroatoms. The fraction of sp³-hybridized carbons (Fsp3) is 0.235. The normalized spacial score (nSPS) is 10.5. The Morgan fingerprint density at radius 1 is 1.17 bits per heavy atom. The Morgan fingerprint density at radius 3 is 2.61 bits per heavy atom. The molecule has 122 valence electrons. The number of rotatable bonds is 6. The number of nitrogens with zero attached hydrogens (tertiary/aromatic N) is 1. The summed E-state index contributed by atoms with van der Waals surface area (Å²) in [5.41, 5.74) is 1.13. The molecule has 0 aliphatic rings. The first kappa shape index (κ1) is 16.7. The van der Waals surface area contributed by atoms with Gasteiger partial charge in [-0.3, -0.25) is 4.79 Å². The van der Waals surface area contributed by atoms with E-state index in [2.05, 4.69) is 4.74 Å². The summed E-state index contributed by atoms with van der Waals surface area (Å²) in [4.78, 5) is 13.9. The van der Waals surface area contributed by atoms with Crippen LogP contribution in [0.2, 0.25) is 0 Å². The predicted octanol–water partition coefficient (Wildman–Crippen LogP) is 3.57. The van der Waals surface area contributed by atoms with Gasteiger partial charge in [0.2, 0.25) is 0 Å². The molecule has 23 heavy (non-hydrogen) atoms. The van der Waals surface area contributed by atoms with E-state index >= 15 is 0 Å². The zero-order chi connectivity index (χ0) is 16.8. The fourth-order valence-corrected chi connectivity index (χ4v) is 2.19. The summed E-state index contributed by atoms with van der Waals surface area (Å²) in [7, 11) is 3.20. The number of ether oxygens (including phenoxy) is 2. The maximum absolute atomic E-state index is 12.4. The van der Waals surface area contributed by atoms with Crippen molar-refractivity contribution in [1.29, 1.82) is 0 Å². The van der Waals surface area contributed by atoms with Crippen LogP contribution in [0, 0.1) is 0 Å². The first-order valence-electron chi connectivity index (χ1n) is 6.93. The Morgan fingerprint density at radius 2 is 1.91 bits per heavy atom. The van der Waals surface area contributed by atoms with E-state index in [-0.39, 0.29) is 17.2 Å². The van der Waals surface area contributed by atoms with Gasteiger partial charge in [0.15, 0.2) is 0 Å². The third kappa shape index (κ3) is 4.42. The lowest BCUT2D eigenvalue weighted by Crippen LogP contribution is -2.26. The van der Waals surface area contributed by atoms with E-state index in [1.807, 2.05) is 24.3 Å². The SMILES string of the molecule is COc1ccccc1CN(C)C(=O)c1cccc(OC(F)F)c1. The molecule has 0 radical (unpaired) electrons. The van der Waals surface area contributed by atoms with Crippen molar-refractivity contribution in [3.05, 3.63) is 59.7 Å². The molecule has 0 atom stereocenters. The van der Waals surface area contributed by atoms with Gasteiger partial charge in [-0.2, -0.15) is 8.78 Å². The number of halogens is 2. The average molecular weight is 321 g/mol. The van der Waals surface area contributed by atoms with E-state index in [9.17, 15) is 13.6 Å². The molecule has 0 aliphatic heterocycles. The average Bonchev–Trinajstić information content (AvgIpc) is 2.54. The lowest BCUT2D eigenvalue weighted by Gasteiger charge is -2.19. The van der Waals surface area contributed by atoms with Crippen molar-refractivity contribution in [3.8, 4) is 11.5 Å². The van der Waals surface area contributed by atoms with Crippen molar-refractivity contribution in [3.63, 3.8) is 0 Å². The number of alkyl halides is 2. The molecule has 0 unspecified atom stereocenters. The van der Waals surface area contributed by atoms with Crippen LogP contribution in [0.3, 0.4) is 0 Å². The largest absolute Gasteiger partial charge is 0.496 e. The second-order valence-corrected chi connectivity index (χ2v) is 4.88. The van der Waals surface area contributed by atoms with Crippen LogP contribution in [-0.2, 0) is 6.54 Å². The number of hydrogen-bond donors (Lipinski definition) is 0. The second-order valence-electron chi connectivity index (χ2n) is 4.88. The lowest BCUT2D eigenvalue weighted by molar-refractivity contribution is -0.0499. The molecule has 1 amide bonds. The standard InChI is InChI=1S/C17H17F2NO3/c1-20(11-13-6-3-4-9-15(13)22-2)16(21)12-7-5-8-14(10-12)23-17(18)19/h3-10,17H,11H2,1-2H3. The molecule has 0 fully saturated rings. The summed E-state index contributed by atoms with van der Waals surface area (Å²) in [5, 5.41) is 0. The van der Waals surface area contributed by atoms with E-state index < -0.39 is 6.61 Å². The minimum atomic E-state index is -2.92. The highest BCUT2D eigenvalue weighted by molar-refractivity contribution is 5.94. The highest BCUT2D eigenvalue weighted by Gasteiger charge is 2.15. The van der Waals surface area contributed by atoms with Crippen molar-refractivity contribution in [2.24, 2.45) is 0 Å². The summed E-state index contributed by atoms with van der Waals surface area (Å²) in [6.45, 7) is -2.59. The molecule has 0 heterocycles. The summed E-state index contributed by atoms with van der Waals surface area (Å²) in [5.74, 6) is 0.342. The Kier molecular flexibility index (Phi) is 5.51. The van der Waals surface area contributed by atoms with Crippen LogP contribution >= 0.6 is 0 Å². The van der Waals surface area contributed by atoms with Crippen LogP contribution < -0.4 is 9.47 Å². The Labute approximate surface area is 133 Å². The molecule has 2 aromatic rings. The third-order valence-electron chi connectivity index (χ3n) is 3.25. The van der Waals surface area contributed by atoms with Crippen LogP contribution in [0.4, 0.5) is 8.78 Å². The van der Waals surface area contributed by atoms with E-state index in [0.717, 1.165) is 5.56 Å². The smallest absolute Gasteiger partial charge is 0.387 e. The first-order valence-corrected chi connectivity index (χ1v) is 6.93. The van der Waals surface area contributed by atoms with Gasteiger partial charge in [0, 0.05) is 24.7 Å². The molecule has 0 spiro atoms. The number of carbonyl (C=O) groups is 1. The minimum Gasteiger partial charge on any atom is -0.496 e. The van der Waals surface area contributed by atoms with Crippen molar-refractivity contribution in [1.82, 2.24) is 4.90 Å². The molecule has 0 bridgehead atoms. The summed E-state index contributed by atoms with van der Waals surface area (Å²) >= 11 is 0. The van der Waals surface area contributed by atoms with Gasteiger partial charge in [0.25, 0.3) is 5.91 Å². The van der Waals surface area contributed by atoms with Gasteiger partial charge in [-0.05, 0) is 24.3 Å². The van der Waals surface area contributed by atoms with Gasteiger partial charge in [-0.1, -0.05) is 24.3 Å². The molecule has 0 N–H and O–H groups in total. The van der Waals surface area contributed by atoms with E-state index in [0.29, 0.717) is 12.3 Å². The third-order valence-corrected chi connectivity index (χ3v) is 3.25. The summed E-state index contributed by atoms with van der Waals surface area (Å²) in [6, 6.07) is 13.1. The van der Waals surface area contributed by atoms with Crippen molar-refractivity contribution in [2.45, 2.75) is 13.2 Å². The van der Waals surface area contributed by atoms with Crippen molar-refractivity contribution < 1.29 is 23.0 Å². The zero-order valence-corrected chi connectivity index (χ0v) is 12.8. The number of carbonyl (C=O) groups excluding carboxylic acids is 1. The monoisotopic (exact) mass is 321 g/mol. The zero-order valence-electron chi connectivity index (χ0n) is 12.8. The van der Waals surface area contributed by atoms with Crippen LogP contribution in [0.25, 0.3) is 0 Å². The van der Waals surface area contributed by atoms with E-state index in [1.165, 1.54) is 23.1 Å². The number of para-hydroxylation sites is 1. The quantitative estimate of drug-likeness (QED) is 0.816. The molecule has 0 saturated carbocycles. The van der Waals surface area contributed by atoms with Gasteiger partial charge in [0.1, 0.15) is 11.5 Å². The van der Waals surface area contributed by atoms with Crippen molar-refractivity contribution in [2.75, 3.05) is 14.2 Å². The summed E-state index contributed by atoms with van der Waals surface area (Å²) < 4.78 is 34.1. The molecule has 0 saturated heterocycles. The molecule has 4 nitrogen and oxygen atoms in total. The Hall–Kier alpha value is -2.63. The topological polar surface area (TPSA) is 38.8 Å². The number of methoxy groups -OCH3 is 1. The second kappa shape index (κ2) is 7.58. The van der Waals surface area contributed by atoms with E-state index in [1.54, 1.807) is 20.2 Å². The van der Waals surface area contributed by atoms with Gasteiger partial charge in [-0.25, -0.2) is 0 Å². The number of amides is 1. The van der Waals surface area contributed by atoms with Crippen LogP contribution in [0.15, 0.2) is 48.5 Å². The van der Waals surface area contributed by atoms with Crippen LogP contribution in [0.5, 0.6) is 11.5 Å². The lowest BCUT2D eigenvalue weighted by atomic mass is 10.1. The molecular formula is C17H17F2NO3. The maximum Gasteiger partial charge on any atom is 0.387 e. The van der Waals surface area contributed by atoms with Gasteiger partial charge in [-0.15, -0.1) is 0 Å². The molecule has 2 rings (SSSR count). The summed E-state index contributed by atoms with van der Waals surface area (Å²) in [6.07, 6.45) is 0. The van der Waals surface area contributed by atoms with Crippen LogP contribution in [-0.4, -0.2) is 31.6 Å². The predicted molar refractivity (Wildman–Crippen MR) is 81.9 cm³/mol. The minimum absolute atomic E-state index is 0.0449. The maximum atomic E-state index is 12.4. The first-order chi connectivity index (χ1) is 11.0. The molecule has 0 aliphatic carbocycles. The number of hydrogen-bond acceptors (Lipinski definition) is 3. The van der Waals surface area contributed by atoms with Gasteiger partial charge in [0.05, 0.1) is 7.11 Å². The van der Waals surface area contributed by atoms with Gasteiger partial charge >= 0.3 is 6.61 Å². The number of benzene rings is 2. The van der Waals surface area contributed by atoms with Crippen molar-refractivity contribution >= 4 is 5.91 Å². The highest BCUT2D eigenvalue weighted by Crippen LogP contribution is 2.21.